The van der Waals surface area contributed by atoms with Crippen LogP contribution in [0.25, 0.3) is 21.9 Å². The van der Waals surface area contributed by atoms with Gasteiger partial charge in [0.25, 0.3) is 5.91 Å². The molecule has 7 heteroatoms. The van der Waals surface area contributed by atoms with Crippen molar-refractivity contribution in [2.75, 3.05) is 39.0 Å². The van der Waals surface area contributed by atoms with Crippen LogP contribution < -0.4 is 5.73 Å². The van der Waals surface area contributed by atoms with Crippen molar-refractivity contribution < 1.29 is 9.59 Å². The number of fused-ring (bicyclic) bond motifs is 3. The summed E-state index contributed by atoms with van der Waals surface area (Å²) in [4.78, 5) is 28.5. The molecule has 3 aromatic carbocycles. The van der Waals surface area contributed by atoms with Crippen LogP contribution in [0.5, 0.6) is 0 Å². The van der Waals surface area contributed by atoms with E-state index < -0.39 is 5.91 Å². The second-order valence-corrected chi connectivity index (χ2v) is 10.1. The molecule has 0 radical (unpaired) electrons. The third-order valence-electron chi connectivity index (χ3n) is 6.99. The van der Waals surface area contributed by atoms with Gasteiger partial charge in [0.1, 0.15) is 0 Å². The van der Waals surface area contributed by atoms with Crippen LogP contribution in [0, 0.1) is 0 Å². The van der Waals surface area contributed by atoms with Gasteiger partial charge in [-0.05, 0) is 57.5 Å². The smallest absolute Gasteiger partial charge is 0.254 e. The molecule has 180 valence electrons. The zero-order valence-corrected chi connectivity index (χ0v) is 20.8. The predicted octanol–water partition coefficient (Wildman–Crippen LogP) is 3.90. The van der Waals surface area contributed by atoms with Gasteiger partial charge in [-0.2, -0.15) is 0 Å². The van der Waals surface area contributed by atoms with Gasteiger partial charge in [-0.1, -0.05) is 54.9 Å². The maximum absolute atomic E-state index is 13.0. The van der Waals surface area contributed by atoms with Crippen LogP contribution in [0.4, 0.5) is 0 Å². The van der Waals surface area contributed by atoms with Gasteiger partial charge in [0.15, 0.2) is 0 Å². The first-order valence-corrected chi connectivity index (χ1v) is 13.0. The lowest BCUT2D eigenvalue weighted by molar-refractivity contribution is -0.114. The highest BCUT2D eigenvalue weighted by molar-refractivity contribution is 7.96. The predicted molar refractivity (Wildman–Crippen MR) is 143 cm³/mol. The van der Waals surface area contributed by atoms with E-state index in [1.165, 1.54) is 11.1 Å². The van der Waals surface area contributed by atoms with Gasteiger partial charge in [-0.15, -0.1) is 0 Å². The van der Waals surface area contributed by atoms with E-state index in [0.717, 1.165) is 54.6 Å². The number of carbonyl (C=O) groups excluding carboxylic acids is 2. The van der Waals surface area contributed by atoms with Crippen LogP contribution in [0.1, 0.15) is 21.5 Å². The zero-order chi connectivity index (χ0) is 24.5. The van der Waals surface area contributed by atoms with E-state index in [4.69, 9.17) is 5.73 Å². The lowest BCUT2D eigenvalue weighted by Crippen LogP contribution is -2.42. The third-order valence-corrected chi connectivity index (χ3v) is 7.87. The summed E-state index contributed by atoms with van der Waals surface area (Å²) in [6, 6.07) is 19.1. The van der Waals surface area contributed by atoms with E-state index in [2.05, 4.69) is 64.5 Å². The molecule has 3 aromatic rings. The minimum atomic E-state index is -0.577. The standard InChI is InChI=1S/C28H30N4O2S/c1-19(27(29)33)16-31-18-26-24(28(31)34)9-8-21-6-7-23(15-25(21)26)22-5-3-4-20(14-22)17-30-10-12-32(35-2)13-11-30/h3-9,14-15H,1,10-13,16-18H2,2H3,(H2,29,33). The van der Waals surface area contributed by atoms with Crippen molar-refractivity contribution in [3.05, 3.63) is 83.4 Å². The maximum Gasteiger partial charge on any atom is 0.254 e. The highest BCUT2D eigenvalue weighted by atomic mass is 32.2. The van der Waals surface area contributed by atoms with Crippen LogP contribution >= 0.6 is 11.9 Å². The number of rotatable bonds is 7. The SMILES string of the molecule is C=C(CN1Cc2c(ccc3ccc(-c4cccc(CN5CCN(SC)CC5)c4)cc23)C1=O)C(N)=O. The molecule has 2 aliphatic rings. The van der Waals surface area contributed by atoms with E-state index in [9.17, 15) is 9.59 Å². The summed E-state index contributed by atoms with van der Waals surface area (Å²) in [5, 5.41) is 2.16. The van der Waals surface area contributed by atoms with Gasteiger partial charge < -0.3 is 10.6 Å². The fraction of sp³-hybridized carbons (Fsp3) is 0.286. The first-order valence-electron chi connectivity index (χ1n) is 11.9. The molecule has 35 heavy (non-hydrogen) atoms. The normalized spacial score (nSPS) is 16.6. The molecule has 0 spiro atoms. The molecule has 0 atom stereocenters. The third kappa shape index (κ3) is 4.85. The van der Waals surface area contributed by atoms with Crippen molar-refractivity contribution in [2.45, 2.75) is 13.1 Å². The monoisotopic (exact) mass is 486 g/mol. The van der Waals surface area contributed by atoms with E-state index >= 15 is 0 Å². The Balaban J connectivity index is 1.40. The summed E-state index contributed by atoms with van der Waals surface area (Å²) in [5.74, 6) is -0.662. The Hall–Kier alpha value is -3.13. The molecule has 1 fully saturated rings. The Bertz CT molecular complexity index is 1310. The molecule has 0 aromatic heterocycles. The summed E-state index contributed by atoms with van der Waals surface area (Å²) in [6.45, 7) is 9.62. The molecule has 0 saturated carbocycles. The van der Waals surface area contributed by atoms with Crippen LogP contribution in [0.15, 0.2) is 66.7 Å². The second-order valence-electron chi connectivity index (χ2n) is 9.24. The van der Waals surface area contributed by atoms with Crippen molar-refractivity contribution >= 4 is 34.5 Å². The van der Waals surface area contributed by atoms with Crippen molar-refractivity contribution in [2.24, 2.45) is 5.73 Å². The quantitative estimate of drug-likeness (QED) is 0.405. The summed E-state index contributed by atoms with van der Waals surface area (Å²) in [5.41, 5.74) is 10.9. The molecule has 0 unspecified atom stereocenters. The van der Waals surface area contributed by atoms with E-state index in [-0.39, 0.29) is 18.0 Å². The molecule has 2 aliphatic heterocycles. The van der Waals surface area contributed by atoms with Crippen LogP contribution in [-0.4, -0.2) is 64.9 Å². The number of hydrogen-bond donors (Lipinski definition) is 1. The minimum Gasteiger partial charge on any atom is -0.366 e. The molecule has 2 heterocycles. The fourth-order valence-electron chi connectivity index (χ4n) is 4.98. The molecule has 2 amide bonds. The van der Waals surface area contributed by atoms with Crippen molar-refractivity contribution in [3.8, 4) is 11.1 Å². The van der Waals surface area contributed by atoms with Gasteiger partial charge in [0, 0.05) is 50.4 Å². The molecule has 0 bridgehead atoms. The van der Waals surface area contributed by atoms with E-state index in [1.54, 1.807) is 4.90 Å². The number of amides is 2. The first-order chi connectivity index (χ1) is 16.9. The number of primary amides is 1. The van der Waals surface area contributed by atoms with Crippen LogP contribution in [-0.2, 0) is 17.9 Å². The Kier molecular flexibility index (Phi) is 6.65. The topological polar surface area (TPSA) is 69.9 Å². The molecule has 0 aliphatic carbocycles. The van der Waals surface area contributed by atoms with Gasteiger partial charge in [0.2, 0.25) is 5.91 Å². The van der Waals surface area contributed by atoms with Crippen molar-refractivity contribution in [3.63, 3.8) is 0 Å². The Morgan fingerprint density at radius 3 is 2.51 bits per heavy atom. The average molecular weight is 487 g/mol. The lowest BCUT2D eigenvalue weighted by atomic mass is 9.95. The van der Waals surface area contributed by atoms with Gasteiger partial charge in [0.05, 0.1) is 6.54 Å². The second kappa shape index (κ2) is 9.85. The molecule has 5 rings (SSSR count). The molecular formula is C28H30N4O2S. The average Bonchev–Trinajstić information content (AvgIpc) is 3.19. The fourth-order valence-corrected chi connectivity index (χ4v) is 5.51. The number of nitrogens with two attached hydrogens (primary N) is 1. The lowest BCUT2D eigenvalue weighted by Gasteiger charge is -2.33. The zero-order valence-electron chi connectivity index (χ0n) is 20.0. The number of hydrogen-bond acceptors (Lipinski definition) is 5. The van der Waals surface area contributed by atoms with Gasteiger partial charge >= 0.3 is 0 Å². The summed E-state index contributed by atoms with van der Waals surface area (Å²) in [7, 11) is 0. The van der Waals surface area contributed by atoms with Crippen LogP contribution in [0.2, 0.25) is 0 Å². The molecular weight excluding hydrogens is 456 g/mol. The maximum atomic E-state index is 13.0. The Morgan fingerprint density at radius 2 is 1.77 bits per heavy atom. The number of benzene rings is 3. The molecule has 2 N–H and O–H groups in total. The molecule has 6 nitrogen and oxygen atoms in total. The highest BCUT2D eigenvalue weighted by Crippen LogP contribution is 2.33. The number of piperazine rings is 1. The largest absolute Gasteiger partial charge is 0.366 e. The Morgan fingerprint density at radius 1 is 1.03 bits per heavy atom. The number of carbonyl (C=O) groups is 2. The van der Waals surface area contributed by atoms with E-state index in [0.29, 0.717) is 12.1 Å². The molecule has 1 saturated heterocycles. The summed E-state index contributed by atoms with van der Waals surface area (Å²) >= 11 is 1.82. The van der Waals surface area contributed by atoms with Gasteiger partial charge in [-0.25, -0.2) is 4.31 Å². The minimum absolute atomic E-state index is 0.0849. The van der Waals surface area contributed by atoms with Gasteiger partial charge in [-0.3, -0.25) is 14.5 Å². The van der Waals surface area contributed by atoms with Crippen molar-refractivity contribution in [1.82, 2.24) is 14.1 Å². The first kappa shape index (κ1) is 23.6. The van der Waals surface area contributed by atoms with Crippen LogP contribution in [0.3, 0.4) is 0 Å². The Labute approximate surface area is 210 Å². The number of nitrogens with zero attached hydrogens (tertiary/aromatic N) is 3. The summed E-state index contributed by atoms with van der Waals surface area (Å²) in [6.07, 6.45) is 2.14. The summed E-state index contributed by atoms with van der Waals surface area (Å²) < 4.78 is 2.41. The highest BCUT2D eigenvalue weighted by Gasteiger charge is 2.29. The van der Waals surface area contributed by atoms with E-state index in [1.807, 2.05) is 24.1 Å². The van der Waals surface area contributed by atoms with Crippen molar-refractivity contribution in [1.29, 1.82) is 0 Å².